The Morgan fingerprint density at radius 3 is 2.07 bits per heavy atom. The number of phenolic OH excluding ortho intramolecular Hbond substituents is 1. The van der Waals surface area contributed by atoms with Gasteiger partial charge in [-0.15, -0.1) is 0 Å². The molecule has 0 aliphatic carbocycles. The van der Waals surface area contributed by atoms with Gasteiger partial charge in [0.2, 0.25) is 0 Å². The Morgan fingerprint density at radius 2 is 1.56 bits per heavy atom. The number of phenols is 1. The molecule has 2 N–H and O–H groups in total. The van der Waals surface area contributed by atoms with Crippen LogP contribution in [0.5, 0.6) is 11.5 Å². The van der Waals surface area contributed by atoms with Crippen LogP contribution in [-0.4, -0.2) is 53.6 Å². The number of hydrogen-bond donors (Lipinski definition) is 2. The summed E-state index contributed by atoms with van der Waals surface area (Å²) in [6.07, 6.45) is -13.7. The molecule has 14 heteroatoms. The number of aromatic hydroxyl groups is 1. The summed E-state index contributed by atoms with van der Waals surface area (Å²) in [5.74, 6) is -0.934. The molecule has 4 unspecified atom stereocenters. The van der Waals surface area contributed by atoms with E-state index < -0.39 is 54.6 Å². The Balaban J connectivity index is 2.34. The fourth-order valence-corrected chi connectivity index (χ4v) is 6.83. The number of rotatable bonds is 15. The zero-order valence-corrected chi connectivity index (χ0v) is 29.8. The minimum absolute atomic E-state index is 0.0223. The second-order valence-corrected chi connectivity index (χ2v) is 13.6. The maximum Gasteiger partial charge on any atom is 0.426 e. The molecule has 0 bridgehead atoms. The highest BCUT2D eigenvalue weighted by atomic mass is 127. The smallest absolute Gasteiger partial charge is 0.426 e. The van der Waals surface area contributed by atoms with E-state index in [-0.39, 0.29) is 24.5 Å². The van der Waals surface area contributed by atoms with Crippen LogP contribution < -0.4 is 4.74 Å². The molecule has 0 spiro atoms. The van der Waals surface area contributed by atoms with Crippen LogP contribution in [0, 0.1) is 12.6 Å². The van der Waals surface area contributed by atoms with Crippen LogP contribution in [-0.2, 0) is 14.3 Å². The highest BCUT2D eigenvalue weighted by molar-refractivity contribution is 14.1. The first-order valence-corrected chi connectivity index (χ1v) is 16.4. The maximum absolute atomic E-state index is 13.2. The zero-order valence-electron chi connectivity index (χ0n) is 25.5. The number of carbonyl (C=O) groups excluding carboxylic acids is 1. The van der Waals surface area contributed by atoms with Gasteiger partial charge in [0.25, 0.3) is 5.60 Å². The van der Waals surface area contributed by atoms with Crippen LogP contribution in [0.2, 0.25) is 0 Å². The predicted octanol–water partition coefficient (Wildman–Crippen LogP) is 9.24. The van der Waals surface area contributed by atoms with Crippen LogP contribution in [0.1, 0.15) is 83.3 Å². The van der Waals surface area contributed by atoms with Crippen LogP contribution >= 0.6 is 45.2 Å². The topological polar surface area (TPSA) is 85.2 Å². The maximum atomic E-state index is 13.2. The van der Waals surface area contributed by atoms with Gasteiger partial charge in [0, 0.05) is 16.6 Å². The molecule has 2 rings (SSSR count). The Labute approximate surface area is 286 Å². The number of alkyl halides is 6. The first kappa shape index (κ1) is 39.6. The summed E-state index contributed by atoms with van der Waals surface area (Å²) in [5.41, 5.74) is -4.87. The van der Waals surface area contributed by atoms with Crippen molar-refractivity contribution in [1.29, 1.82) is 0 Å². The van der Waals surface area contributed by atoms with E-state index in [1.807, 2.05) is 48.6 Å². The molecule has 2 aromatic carbocycles. The van der Waals surface area contributed by atoms with E-state index in [1.54, 1.807) is 38.1 Å². The van der Waals surface area contributed by atoms with Gasteiger partial charge in [0.1, 0.15) is 11.5 Å². The summed E-state index contributed by atoms with van der Waals surface area (Å²) >= 11 is 4.10. The lowest BCUT2D eigenvalue weighted by atomic mass is 9.73. The summed E-state index contributed by atoms with van der Waals surface area (Å²) < 4.78 is 96.2. The summed E-state index contributed by atoms with van der Waals surface area (Å²) in [4.78, 5) is 13.2. The molecule has 0 aliphatic rings. The molecule has 0 saturated carbocycles. The number of aliphatic hydroxyl groups is 1. The Hall–Kier alpha value is -1.53. The second kappa shape index (κ2) is 16.0. The van der Waals surface area contributed by atoms with Crippen molar-refractivity contribution in [3.8, 4) is 11.5 Å². The largest absolute Gasteiger partial charge is 0.507 e. The summed E-state index contributed by atoms with van der Waals surface area (Å²) in [7, 11) is 0. The van der Waals surface area contributed by atoms with Crippen LogP contribution in [0.15, 0.2) is 36.4 Å². The predicted molar refractivity (Wildman–Crippen MR) is 173 cm³/mol. The van der Waals surface area contributed by atoms with Crippen molar-refractivity contribution >= 4 is 51.2 Å². The van der Waals surface area contributed by atoms with Crippen LogP contribution in [0.4, 0.5) is 26.3 Å². The van der Waals surface area contributed by atoms with E-state index in [1.165, 1.54) is 6.92 Å². The minimum Gasteiger partial charge on any atom is -0.507 e. The van der Waals surface area contributed by atoms with Crippen molar-refractivity contribution in [1.82, 2.24) is 0 Å². The molecular formula is C31H38F6I2O6. The van der Waals surface area contributed by atoms with Gasteiger partial charge in [0.05, 0.1) is 15.6 Å². The lowest BCUT2D eigenvalue weighted by Gasteiger charge is -2.34. The fraction of sp³-hybridized carbons (Fsp3) is 0.581. The van der Waals surface area contributed by atoms with Crippen molar-refractivity contribution in [2.24, 2.45) is 5.41 Å². The van der Waals surface area contributed by atoms with Gasteiger partial charge in [-0.1, -0.05) is 26.0 Å². The molecule has 0 aliphatic heterocycles. The first-order chi connectivity index (χ1) is 20.7. The zero-order chi connectivity index (χ0) is 34.4. The molecule has 0 fully saturated rings. The van der Waals surface area contributed by atoms with Crippen molar-refractivity contribution in [2.45, 2.75) is 96.4 Å². The number of ether oxygens (including phenoxy) is 3. The normalized spacial score (nSPS) is 16.0. The van der Waals surface area contributed by atoms with Gasteiger partial charge < -0.3 is 24.4 Å². The summed E-state index contributed by atoms with van der Waals surface area (Å²) in [6.45, 7) is 7.99. The van der Waals surface area contributed by atoms with E-state index in [2.05, 4.69) is 22.6 Å². The fourth-order valence-electron chi connectivity index (χ4n) is 4.94. The lowest BCUT2D eigenvalue weighted by molar-refractivity contribution is -0.371. The summed E-state index contributed by atoms with van der Waals surface area (Å²) in [6, 6.07) is 11.0. The van der Waals surface area contributed by atoms with E-state index in [0.29, 0.717) is 27.9 Å². The molecule has 0 aromatic heterocycles. The molecule has 6 nitrogen and oxygen atoms in total. The van der Waals surface area contributed by atoms with Crippen LogP contribution in [0.3, 0.4) is 0 Å². The van der Waals surface area contributed by atoms with E-state index in [9.17, 15) is 41.4 Å². The quantitative estimate of drug-likeness (QED) is 0.0804. The number of hydrogen-bond acceptors (Lipinski definition) is 6. The van der Waals surface area contributed by atoms with Crippen molar-refractivity contribution < 1.29 is 55.6 Å². The van der Waals surface area contributed by atoms with Crippen LogP contribution in [0.25, 0.3) is 0 Å². The van der Waals surface area contributed by atoms with E-state index in [4.69, 9.17) is 14.2 Å². The molecule has 254 valence electrons. The molecule has 0 amide bonds. The Kier molecular flexibility index (Phi) is 14.1. The minimum atomic E-state index is -6.02. The van der Waals surface area contributed by atoms with Gasteiger partial charge >= 0.3 is 18.3 Å². The third-order valence-electron chi connectivity index (χ3n) is 7.89. The van der Waals surface area contributed by atoms with Gasteiger partial charge in [-0.05, 0) is 132 Å². The van der Waals surface area contributed by atoms with Gasteiger partial charge in [-0.3, -0.25) is 4.79 Å². The molecule has 0 radical (unpaired) electrons. The molecule has 0 saturated heterocycles. The molecule has 0 heterocycles. The van der Waals surface area contributed by atoms with E-state index >= 15 is 0 Å². The molecule has 2 aromatic rings. The number of halogens is 8. The van der Waals surface area contributed by atoms with Crippen molar-refractivity contribution in [3.63, 3.8) is 0 Å². The average Bonchev–Trinajstić information content (AvgIpc) is 2.93. The van der Waals surface area contributed by atoms with Crippen molar-refractivity contribution in [2.75, 3.05) is 13.2 Å². The third kappa shape index (κ3) is 10.2. The lowest BCUT2D eigenvalue weighted by Crippen LogP contribution is -2.57. The van der Waals surface area contributed by atoms with Crippen molar-refractivity contribution in [3.05, 3.63) is 54.7 Å². The SMILES string of the molecule is CCOC(C)Oc1ccc(C(C)CC(CC(C)(CC)C(=O)OCCC(O)(C(F)(F)F)C(F)(F)F)c2cc(I)cc(I)c2O)cc1. The standard InChI is InChI=1S/C31H38F6I2O6/c1-6-28(5,27(41)44-13-12-29(42,30(32,33)34)31(35,36)37)17-21(24-15-22(38)16-25(39)26(24)40)14-18(3)20-8-10-23(11-9-20)45-19(4)43-7-2/h8-11,15-16,18-19,21,40,42H,6-7,12-14,17H2,1-5H3. The summed E-state index contributed by atoms with van der Waals surface area (Å²) in [5, 5.41) is 20.5. The molecular weight excluding hydrogens is 836 g/mol. The Bertz CT molecular complexity index is 1260. The Morgan fingerprint density at radius 1 is 0.978 bits per heavy atom. The molecule has 45 heavy (non-hydrogen) atoms. The highest BCUT2D eigenvalue weighted by Gasteiger charge is 2.70. The van der Waals surface area contributed by atoms with Gasteiger partial charge in [0.15, 0.2) is 6.29 Å². The van der Waals surface area contributed by atoms with Gasteiger partial charge in [-0.25, -0.2) is 0 Å². The van der Waals surface area contributed by atoms with E-state index in [0.717, 1.165) is 9.13 Å². The molecule has 4 atom stereocenters. The monoisotopic (exact) mass is 874 g/mol. The first-order valence-electron chi connectivity index (χ1n) is 14.3. The average molecular weight is 874 g/mol. The number of esters is 1. The third-order valence-corrected chi connectivity index (χ3v) is 9.34. The highest BCUT2D eigenvalue weighted by Crippen LogP contribution is 2.47. The number of carbonyl (C=O) groups is 1. The number of benzene rings is 2. The second-order valence-electron chi connectivity index (χ2n) is 11.2. The van der Waals surface area contributed by atoms with Gasteiger partial charge in [-0.2, -0.15) is 26.3 Å².